The fourth-order valence-electron chi connectivity index (χ4n) is 6.92. The van der Waals surface area contributed by atoms with Crippen molar-refractivity contribution >= 4 is 61.0 Å². The number of aromatic nitrogens is 2. The smallest absolute Gasteiger partial charge is 0.274 e. The van der Waals surface area contributed by atoms with Crippen molar-refractivity contribution in [1.29, 1.82) is 0 Å². The Kier molecular flexibility index (Phi) is 12.9. The van der Waals surface area contributed by atoms with Gasteiger partial charge in [-0.25, -0.2) is 18.1 Å². The van der Waals surface area contributed by atoms with Crippen LogP contribution < -0.4 is 10.0 Å². The van der Waals surface area contributed by atoms with Gasteiger partial charge in [0, 0.05) is 76.2 Å². The monoisotopic (exact) mass is 886 g/mol. The number of ketones is 1. The summed E-state index contributed by atoms with van der Waals surface area (Å²) in [6.07, 6.45) is 5.64. The molecule has 15 heteroatoms. The zero-order valence-corrected chi connectivity index (χ0v) is 34.4. The van der Waals surface area contributed by atoms with E-state index >= 15 is 0 Å². The maximum atomic E-state index is 14.8. The highest BCUT2D eigenvalue weighted by molar-refractivity contribution is 14.1. The van der Waals surface area contributed by atoms with Crippen LogP contribution in [0, 0.1) is 3.57 Å². The number of nitrogens with zero attached hydrogens (tertiary/aromatic N) is 6. The first kappa shape index (κ1) is 40.6. The van der Waals surface area contributed by atoms with E-state index in [0.717, 1.165) is 51.2 Å². The van der Waals surface area contributed by atoms with Gasteiger partial charge in [-0.2, -0.15) is 0 Å². The number of amides is 2. The summed E-state index contributed by atoms with van der Waals surface area (Å²) in [5, 5.41) is 8.66. The number of rotatable bonds is 15. The van der Waals surface area contributed by atoms with Crippen LogP contribution in [0.15, 0.2) is 89.0 Å². The van der Waals surface area contributed by atoms with Crippen LogP contribution >= 0.6 is 22.6 Å². The zero-order valence-electron chi connectivity index (χ0n) is 31.5. The molecule has 2 amide bonds. The molecule has 1 aliphatic heterocycles. The molecule has 0 radical (unpaired) electrons. The number of halogens is 1. The largest absolute Gasteiger partial charge is 0.337 e. The molecule has 6 rings (SSSR count). The summed E-state index contributed by atoms with van der Waals surface area (Å²) in [7, 11) is -2.57. The summed E-state index contributed by atoms with van der Waals surface area (Å²) in [5.41, 5.74) is 11.6. The topological polar surface area (TPSA) is 179 Å². The minimum Gasteiger partial charge on any atom is -0.337 e. The van der Waals surface area contributed by atoms with E-state index in [1.165, 1.54) is 24.3 Å². The number of sulfonamides is 1. The van der Waals surface area contributed by atoms with Crippen molar-refractivity contribution in [1.82, 2.24) is 24.5 Å². The van der Waals surface area contributed by atoms with Crippen molar-refractivity contribution in [3.8, 4) is 11.4 Å². The SMILES string of the molecule is CCCCN(CCCC)C(=O)c1cn(C)c(-c2ccc(C(=O)NS(=O)(=O)c3ccc4cccc(I)c4c3)cc2C(=O)c2cccc3c2CC(CN=[N+]=[N-])NC3)n1. The van der Waals surface area contributed by atoms with E-state index in [0.29, 0.717) is 43.0 Å². The van der Waals surface area contributed by atoms with Crippen molar-refractivity contribution in [2.45, 2.75) is 63.4 Å². The number of carbonyl (C=O) groups excluding carboxylic acids is 3. The highest BCUT2D eigenvalue weighted by Crippen LogP contribution is 2.31. The number of hydrogen-bond acceptors (Lipinski definition) is 8. The highest BCUT2D eigenvalue weighted by Gasteiger charge is 2.29. The number of fused-ring (bicyclic) bond motifs is 2. The van der Waals surface area contributed by atoms with Crippen LogP contribution in [-0.4, -0.2) is 66.1 Å². The first-order valence-electron chi connectivity index (χ1n) is 18.6. The third kappa shape index (κ3) is 8.81. The number of aryl methyl sites for hydroxylation is 1. The van der Waals surface area contributed by atoms with Gasteiger partial charge < -0.3 is 14.8 Å². The first-order chi connectivity index (χ1) is 26.9. The molecule has 0 spiro atoms. The van der Waals surface area contributed by atoms with Crippen LogP contribution in [0.4, 0.5) is 0 Å². The third-order valence-electron chi connectivity index (χ3n) is 9.97. The number of imidazole rings is 1. The Balaban J connectivity index is 1.41. The molecule has 2 heterocycles. The molecule has 290 valence electrons. The van der Waals surface area contributed by atoms with Crippen LogP contribution in [-0.2, 0) is 30.0 Å². The second-order valence-electron chi connectivity index (χ2n) is 13.8. The van der Waals surface area contributed by atoms with Gasteiger partial charge in [0.25, 0.3) is 21.8 Å². The van der Waals surface area contributed by atoms with Crippen molar-refractivity contribution in [2.24, 2.45) is 12.2 Å². The Hall–Kier alpha value is -5.09. The van der Waals surface area contributed by atoms with E-state index in [9.17, 15) is 22.8 Å². The normalized spacial score (nSPS) is 13.8. The van der Waals surface area contributed by atoms with Gasteiger partial charge >= 0.3 is 0 Å². The minimum absolute atomic E-state index is 0.0560. The van der Waals surface area contributed by atoms with Gasteiger partial charge in [0.2, 0.25) is 0 Å². The molecule has 56 heavy (non-hydrogen) atoms. The molecule has 2 N–H and O–H groups in total. The van der Waals surface area contributed by atoms with Gasteiger partial charge in [-0.15, -0.1) is 0 Å². The van der Waals surface area contributed by atoms with Crippen LogP contribution in [0.25, 0.3) is 32.6 Å². The van der Waals surface area contributed by atoms with Gasteiger partial charge in [-0.05, 0) is 106 Å². The van der Waals surface area contributed by atoms with E-state index < -0.39 is 21.7 Å². The molecule has 0 bridgehead atoms. The molecule has 1 aromatic heterocycles. The lowest BCUT2D eigenvalue weighted by molar-refractivity contribution is 0.0745. The predicted octanol–water partition coefficient (Wildman–Crippen LogP) is 7.56. The maximum absolute atomic E-state index is 14.8. The lowest BCUT2D eigenvalue weighted by Gasteiger charge is -2.27. The Morgan fingerprint density at radius 1 is 1.02 bits per heavy atom. The Morgan fingerprint density at radius 2 is 1.77 bits per heavy atom. The lowest BCUT2D eigenvalue weighted by Crippen LogP contribution is -2.38. The number of unbranched alkanes of at least 4 members (excludes halogenated alkanes) is 2. The molecular weight excluding hydrogens is 843 g/mol. The second kappa shape index (κ2) is 17.8. The second-order valence-corrected chi connectivity index (χ2v) is 16.7. The van der Waals surface area contributed by atoms with Crippen molar-refractivity contribution in [3.05, 3.63) is 127 Å². The van der Waals surface area contributed by atoms with Gasteiger partial charge in [0.15, 0.2) is 5.78 Å². The molecule has 1 unspecified atom stereocenters. The average Bonchev–Trinajstić information content (AvgIpc) is 3.59. The molecule has 0 aliphatic carbocycles. The lowest BCUT2D eigenvalue weighted by atomic mass is 9.86. The van der Waals surface area contributed by atoms with E-state index in [2.05, 4.69) is 56.5 Å². The fourth-order valence-corrected chi connectivity index (χ4v) is 8.59. The van der Waals surface area contributed by atoms with Gasteiger partial charge in [0.05, 0.1) is 4.90 Å². The van der Waals surface area contributed by atoms with Crippen molar-refractivity contribution in [2.75, 3.05) is 19.6 Å². The summed E-state index contributed by atoms with van der Waals surface area (Å²) in [5.74, 6) is -1.20. The molecule has 1 atom stereocenters. The van der Waals surface area contributed by atoms with Gasteiger partial charge in [-0.3, -0.25) is 14.4 Å². The maximum Gasteiger partial charge on any atom is 0.274 e. The Labute approximate surface area is 339 Å². The highest BCUT2D eigenvalue weighted by atomic mass is 127. The van der Waals surface area contributed by atoms with Crippen LogP contribution in [0.2, 0.25) is 0 Å². The fraction of sp³-hybridized carbons (Fsp3) is 0.317. The molecule has 13 nitrogen and oxygen atoms in total. The van der Waals surface area contributed by atoms with E-state index in [1.807, 2.05) is 29.2 Å². The number of hydrogen-bond donors (Lipinski definition) is 2. The predicted molar refractivity (Wildman–Crippen MR) is 224 cm³/mol. The zero-order chi connectivity index (χ0) is 40.0. The summed E-state index contributed by atoms with van der Waals surface area (Å²) < 4.78 is 31.9. The van der Waals surface area contributed by atoms with Crippen LogP contribution in [0.3, 0.4) is 0 Å². The van der Waals surface area contributed by atoms with Crippen molar-refractivity contribution < 1.29 is 22.8 Å². The van der Waals surface area contributed by atoms with Gasteiger partial charge in [0.1, 0.15) is 11.5 Å². The van der Waals surface area contributed by atoms with Crippen LogP contribution in [0.1, 0.15) is 87.4 Å². The minimum atomic E-state index is -4.31. The van der Waals surface area contributed by atoms with E-state index in [1.54, 1.807) is 42.1 Å². The summed E-state index contributed by atoms with van der Waals surface area (Å²) in [6, 6.07) is 19.9. The number of benzene rings is 4. The molecular formula is C41H43IN8O5S. The number of azide groups is 1. The Bertz CT molecular complexity index is 2470. The van der Waals surface area contributed by atoms with E-state index in [4.69, 9.17) is 10.5 Å². The molecule has 1 aliphatic rings. The Morgan fingerprint density at radius 3 is 2.50 bits per heavy atom. The standard InChI is InChI=1S/C41H43IN8O5S/c1-4-6-18-50(19-7-5-2)41(53)37-25-49(3)39(46-37)32-17-15-27(40(52)47-56(54,55)30-16-14-26-10-9-13-36(42)34(26)22-30)20-35(32)38(51)31-12-8-11-28-23-44-29(21-33(28)31)24-45-48-43/h8-17,20,22,25,29,44H,4-7,18-19,21,23-24H2,1-3H3,(H,47,52). The number of carbonyl (C=O) groups is 3. The molecule has 5 aromatic rings. The molecule has 4 aromatic carbocycles. The average molecular weight is 887 g/mol. The number of nitrogens with one attached hydrogen (secondary N) is 2. The quantitative estimate of drug-likeness (QED) is 0.0358. The summed E-state index contributed by atoms with van der Waals surface area (Å²) >= 11 is 2.14. The van der Waals surface area contributed by atoms with Crippen molar-refractivity contribution in [3.63, 3.8) is 0 Å². The molecule has 0 saturated carbocycles. The first-order valence-corrected chi connectivity index (χ1v) is 21.1. The van der Waals surface area contributed by atoms with E-state index in [-0.39, 0.29) is 40.2 Å². The third-order valence-corrected chi connectivity index (χ3v) is 12.2. The summed E-state index contributed by atoms with van der Waals surface area (Å²) in [4.78, 5) is 51.8. The summed E-state index contributed by atoms with van der Waals surface area (Å²) in [6.45, 7) is 6.01. The van der Waals surface area contributed by atoms with Gasteiger partial charge in [-0.1, -0.05) is 68.2 Å². The van der Waals surface area contributed by atoms with Crippen LogP contribution in [0.5, 0.6) is 0 Å². The molecule has 0 saturated heterocycles. The molecule has 0 fully saturated rings.